The maximum absolute atomic E-state index is 12.2. The molecular formula is C18H17NO3S. The van der Waals surface area contributed by atoms with Crippen LogP contribution in [0.1, 0.15) is 26.3 Å². The van der Waals surface area contributed by atoms with Crippen LogP contribution in [0.4, 0.5) is 0 Å². The first-order valence-corrected chi connectivity index (χ1v) is 8.52. The number of para-hydroxylation sites is 1. The molecule has 0 N–H and O–H groups in total. The summed E-state index contributed by atoms with van der Waals surface area (Å²) in [5, 5.41) is 0. The summed E-state index contributed by atoms with van der Waals surface area (Å²) in [6, 6.07) is 14.8. The summed E-state index contributed by atoms with van der Waals surface area (Å²) in [6.07, 6.45) is 0. The van der Waals surface area contributed by atoms with Crippen LogP contribution in [0.25, 0.3) is 0 Å². The van der Waals surface area contributed by atoms with Gasteiger partial charge in [-0.3, -0.25) is 14.5 Å². The molecule has 118 valence electrons. The summed E-state index contributed by atoms with van der Waals surface area (Å²) in [6.45, 7) is 0.423. The molecule has 3 rings (SSSR count). The highest BCUT2D eigenvalue weighted by molar-refractivity contribution is 7.98. The summed E-state index contributed by atoms with van der Waals surface area (Å²) >= 11 is 1.68. The fraction of sp³-hybridized carbons (Fsp3) is 0.222. The van der Waals surface area contributed by atoms with Gasteiger partial charge in [0.15, 0.2) is 0 Å². The fourth-order valence-electron chi connectivity index (χ4n) is 2.60. The second-order valence-corrected chi connectivity index (χ2v) is 6.28. The van der Waals surface area contributed by atoms with E-state index < -0.39 is 0 Å². The van der Waals surface area contributed by atoms with E-state index in [1.165, 1.54) is 4.90 Å². The first kappa shape index (κ1) is 15.6. The van der Waals surface area contributed by atoms with Crippen molar-refractivity contribution >= 4 is 23.6 Å². The van der Waals surface area contributed by atoms with Gasteiger partial charge in [0.05, 0.1) is 18.2 Å². The maximum Gasteiger partial charge on any atom is 0.261 e. The van der Waals surface area contributed by atoms with E-state index in [0.717, 1.165) is 17.1 Å². The molecule has 0 bridgehead atoms. The standard InChI is InChI=1S/C18H17NO3S/c1-22-16-9-5-2-6-13(16)12-23-11-10-19-17(20)14-7-3-4-8-15(14)18(19)21/h2-9H,10-12H2,1H3. The molecule has 1 aliphatic rings. The van der Waals surface area contributed by atoms with Gasteiger partial charge in [-0.05, 0) is 18.2 Å². The van der Waals surface area contributed by atoms with Crippen molar-refractivity contribution in [3.05, 3.63) is 65.2 Å². The lowest BCUT2D eigenvalue weighted by atomic mass is 10.1. The van der Waals surface area contributed by atoms with E-state index >= 15 is 0 Å². The van der Waals surface area contributed by atoms with Crippen LogP contribution in [0.15, 0.2) is 48.5 Å². The highest BCUT2D eigenvalue weighted by Crippen LogP contribution is 2.25. The molecule has 4 nitrogen and oxygen atoms in total. The first-order chi connectivity index (χ1) is 11.2. The van der Waals surface area contributed by atoms with Gasteiger partial charge in [-0.25, -0.2) is 0 Å². The summed E-state index contributed by atoms with van der Waals surface area (Å²) in [5.41, 5.74) is 2.13. The number of amides is 2. The average Bonchev–Trinajstić information content (AvgIpc) is 2.84. The zero-order valence-corrected chi connectivity index (χ0v) is 13.6. The summed E-state index contributed by atoms with van der Waals surface area (Å²) in [5.74, 6) is 1.96. The molecular weight excluding hydrogens is 310 g/mol. The predicted molar refractivity (Wildman–Crippen MR) is 91.0 cm³/mol. The van der Waals surface area contributed by atoms with Crippen LogP contribution in [-0.4, -0.2) is 36.1 Å². The lowest BCUT2D eigenvalue weighted by Crippen LogP contribution is -2.31. The van der Waals surface area contributed by atoms with E-state index in [-0.39, 0.29) is 11.8 Å². The largest absolute Gasteiger partial charge is 0.496 e. The minimum atomic E-state index is -0.191. The molecule has 2 aromatic rings. The molecule has 0 saturated carbocycles. The third kappa shape index (κ3) is 3.10. The second-order valence-electron chi connectivity index (χ2n) is 5.17. The average molecular weight is 327 g/mol. The van der Waals surface area contributed by atoms with Gasteiger partial charge in [0, 0.05) is 23.6 Å². The fourth-order valence-corrected chi connectivity index (χ4v) is 3.52. The van der Waals surface area contributed by atoms with E-state index in [4.69, 9.17) is 4.74 Å². The number of hydrogen-bond donors (Lipinski definition) is 0. The Labute approximate surface area is 139 Å². The van der Waals surface area contributed by atoms with E-state index in [2.05, 4.69) is 0 Å². The molecule has 0 unspecified atom stereocenters. The molecule has 1 aliphatic heterocycles. The smallest absolute Gasteiger partial charge is 0.261 e. The quantitative estimate of drug-likeness (QED) is 0.604. The van der Waals surface area contributed by atoms with Gasteiger partial charge in [-0.15, -0.1) is 0 Å². The number of fused-ring (bicyclic) bond motifs is 1. The van der Waals surface area contributed by atoms with Gasteiger partial charge < -0.3 is 4.74 Å². The SMILES string of the molecule is COc1ccccc1CSCCN1C(=O)c2ccccc2C1=O. The number of thioether (sulfide) groups is 1. The van der Waals surface area contributed by atoms with Gasteiger partial charge in [-0.2, -0.15) is 11.8 Å². The Kier molecular flexibility index (Phi) is 4.67. The zero-order valence-electron chi connectivity index (χ0n) is 12.8. The highest BCUT2D eigenvalue weighted by Gasteiger charge is 2.34. The molecule has 1 heterocycles. The number of nitrogens with zero attached hydrogens (tertiary/aromatic N) is 1. The lowest BCUT2D eigenvalue weighted by Gasteiger charge is -2.13. The van der Waals surface area contributed by atoms with Gasteiger partial charge in [0.1, 0.15) is 5.75 Å². The third-order valence-corrected chi connectivity index (χ3v) is 4.77. The number of hydrogen-bond acceptors (Lipinski definition) is 4. The minimum Gasteiger partial charge on any atom is -0.496 e. The minimum absolute atomic E-state index is 0.191. The van der Waals surface area contributed by atoms with Gasteiger partial charge >= 0.3 is 0 Å². The van der Waals surface area contributed by atoms with Crippen molar-refractivity contribution in [2.75, 3.05) is 19.4 Å². The van der Waals surface area contributed by atoms with E-state index in [1.54, 1.807) is 43.1 Å². The van der Waals surface area contributed by atoms with Crippen LogP contribution < -0.4 is 4.74 Å². The molecule has 2 amide bonds. The van der Waals surface area contributed by atoms with Gasteiger partial charge in [0.25, 0.3) is 11.8 Å². The Balaban J connectivity index is 1.56. The van der Waals surface area contributed by atoms with Crippen LogP contribution >= 0.6 is 11.8 Å². The topological polar surface area (TPSA) is 46.6 Å². The Bertz CT molecular complexity index is 710. The molecule has 5 heteroatoms. The van der Waals surface area contributed by atoms with Crippen molar-refractivity contribution in [1.82, 2.24) is 4.90 Å². The third-order valence-electron chi connectivity index (χ3n) is 3.79. The Morgan fingerprint density at radius 3 is 2.22 bits per heavy atom. The summed E-state index contributed by atoms with van der Waals surface area (Å²) in [4.78, 5) is 25.8. The number of rotatable bonds is 6. The molecule has 0 spiro atoms. The van der Waals surface area contributed by atoms with E-state index in [1.807, 2.05) is 24.3 Å². The number of imide groups is 1. The summed E-state index contributed by atoms with van der Waals surface area (Å²) in [7, 11) is 1.66. The summed E-state index contributed by atoms with van der Waals surface area (Å²) < 4.78 is 5.32. The zero-order chi connectivity index (χ0) is 16.2. The van der Waals surface area contributed by atoms with Crippen molar-refractivity contribution in [2.24, 2.45) is 0 Å². The molecule has 0 radical (unpaired) electrons. The molecule has 23 heavy (non-hydrogen) atoms. The molecule has 0 saturated heterocycles. The van der Waals surface area contributed by atoms with Crippen molar-refractivity contribution < 1.29 is 14.3 Å². The lowest BCUT2D eigenvalue weighted by molar-refractivity contribution is 0.0664. The monoisotopic (exact) mass is 327 g/mol. The van der Waals surface area contributed by atoms with Crippen LogP contribution in [0.2, 0.25) is 0 Å². The first-order valence-electron chi connectivity index (χ1n) is 7.37. The number of carbonyl (C=O) groups is 2. The van der Waals surface area contributed by atoms with Crippen molar-refractivity contribution in [3.63, 3.8) is 0 Å². The second kappa shape index (κ2) is 6.87. The van der Waals surface area contributed by atoms with Gasteiger partial charge in [0.2, 0.25) is 0 Å². The number of methoxy groups -OCH3 is 1. The number of benzene rings is 2. The predicted octanol–water partition coefficient (Wildman–Crippen LogP) is 3.22. The molecule has 0 atom stereocenters. The number of carbonyl (C=O) groups excluding carboxylic acids is 2. The van der Waals surface area contributed by atoms with Crippen molar-refractivity contribution in [3.8, 4) is 5.75 Å². The van der Waals surface area contributed by atoms with Crippen LogP contribution in [0.3, 0.4) is 0 Å². The maximum atomic E-state index is 12.2. The highest BCUT2D eigenvalue weighted by atomic mass is 32.2. The van der Waals surface area contributed by atoms with E-state index in [0.29, 0.717) is 23.4 Å². The molecule has 0 fully saturated rings. The van der Waals surface area contributed by atoms with Crippen LogP contribution in [-0.2, 0) is 5.75 Å². The Hall–Kier alpha value is -2.27. The Morgan fingerprint density at radius 2 is 1.57 bits per heavy atom. The van der Waals surface area contributed by atoms with Gasteiger partial charge in [-0.1, -0.05) is 30.3 Å². The molecule has 0 aliphatic carbocycles. The normalized spacial score (nSPS) is 13.3. The van der Waals surface area contributed by atoms with Crippen LogP contribution in [0, 0.1) is 0 Å². The van der Waals surface area contributed by atoms with Crippen molar-refractivity contribution in [1.29, 1.82) is 0 Å². The Morgan fingerprint density at radius 1 is 0.957 bits per heavy atom. The van der Waals surface area contributed by atoms with Crippen LogP contribution in [0.5, 0.6) is 5.75 Å². The molecule has 0 aromatic heterocycles. The molecule has 2 aromatic carbocycles. The van der Waals surface area contributed by atoms with Crippen molar-refractivity contribution in [2.45, 2.75) is 5.75 Å². The number of ether oxygens (including phenoxy) is 1. The van der Waals surface area contributed by atoms with E-state index in [9.17, 15) is 9.59 Å².